The van der Waals surface area contributed by atoms with Crippen LogP contribution in [-0.2, 0) is 0 Å². The van der Waals surface area contributed by atoms with Crippen LogP contribution in [-0.4, -0.2) is 15.9 Å². The maximum Gasteiger partial charge on any atom is 0.255 e. The molecule has 3 aromatic carbocycles. The maximum absolute atomic E-state index is 12.7. The molecule has 0 aliphatic rings. The van der Waals surface area contributed by atoms with Crippen LogP contribution in [0, 0.1) is 6.92 Å². The number of benzene rings is 3. The van der Waals surface area contributed by atoms with Crippen molar-refractivity contribution in [3.05, 3.63) is 100 Å². The van der Waals surface area contributed by atoms with Crippen LogP contribution in [0.2, 0.25) is 10.0 Å². The van der Waals surface area contributed by atoms with Gasteiger partial charge in [0.2, 0.25) is 5.95 Å². The van der Waals surface area contributed by atoms with E-state index in [1.165, 1.54) is 0 Å². The van der Waals surface area contributed by atoms with Gasteiger partial charge in [0.15, 0.2) is 0 Å². The first-order valence-electron chi connectivity index (χ1n) is 9.51. The number of amides is 1. The molecule has 0 radical (unpaired) electrons. The van der Waals surface area contributed by atoms with Gasteiger partial charge in [-0.05, 0) is 48.9 Å². The van der Waals surface area contributed by atoms with E-state index in [1.54, 1.807) is 36.5 Å². The largest absolute Gasteiger partial charge is 0.324 e. The van der Waals surface area contributed by atoms with Gasteiger partial charge in [-0.25, -0.2) is 9.97 Å². The topological polar surface area (TPSA) is 66.9 Å². The monoisotopic (exact) mass is 448 g/mol. The third-order valence-corrected chi connectivity index (χ3v) is 5.03. The Morgan fingerprint density at radius 1 is 0.903 bits per heavy atom. The molecule has 31 heavy (non-hydrogen) atoms. The van der Waals surface area contributed by atoms with Crippen molar-refractivity contribution in [2.45, 2.75) is 6.92 Å². The number of carbonyl (C=O) groups excluding carboxylic acids is 1. The van der Waals surface area contributed by atoms with Gasteiger partial charge in [0.1, 0.15) is 0 Å². The first-order valence-corrected chi connectivity index (χ1v) is 10.3. The molecular formula is C24H18Cl2N4O. The van der Waals surface area contributed by atoms with Gasteiger partial charge in [0.25, 0.3) is 5.91 Å². The minimum absolute atomic E-state index is 0.277. The fraction of sp³-hybridized carbons (Fsp3) is 0.0417. The van der Waals surface area contributed by atoms with Gasteiger partial charge in [-0.1, -0.05) is 59.6 Å². The number of anilines is 3. The Balaban J connectivity index is 1.56. The molecule has 0 spiro atoms. The second kappa shape index (κ2) is 9.16. The minimum atomic E-state index is -0.277. The summed E-state index contributed by atoms with van der Waals surface area (Å²) in [4.78, 5) is 21.6. The van der Waals surface area contributed by atoms with Crippen molar-refractivity contribution in [1.29, 1.82) is 0 Å². The molecule has 5 nitrogen and oxygen atoms in total. The number of carbonyl (C=O) groups is 1. The molecule has 0 saturated heterocycles. The molecule has 0 unspecified atom stereocenters. The molecule has 4 rings (SSSR count). The van der Waals surface area contributed by atoms with Crippen molar-refractivity contribution in [2.75, 3.05) is 10.6 Å². The number of aryl methyl sites for hydroxylation is 1. The van der Waals surface area contributed by atoms with Crippen LogP contribution < -0.4 is 10.6 Å². The summed E-state index contributed by atoms with van der Waals surface area (Å²) in [6.07, 6.45) is 1.70. The normalized spacial score (nSPS) is 10.5. The van der Waals surface area contributed by atoms with Crippen molar-refractivity contribution in [3.8, 4) is 11.3 Å². The third kappa shape index (κ3) is 5.20. The second-order valence-corrected chi connectivity index (χ2v) is 7.77. The minimum Gasteiger partial charge on any atom is -0.324 e. The zero-order chi connectivity index (χ0) is 21.8. The molecule has 1 amide bonds. The summed E-state index contributed by atoms with van der Waals surface area (Å²) in [5.41, 5.74) is 4.50. The Morgan fingerprint density at radius 3 is 2.39 bits per heavy atom. The summed E-state index contributed by atoms with van der Waals surface area (Å²) in [6, 6.07) is 22.0. The fourth-order valence-electron chi connectivity index (χ4n) is 3.04. The van der Waals surface area contributed by atoms with Crippen LogP contribution in [0.5, 0.6) is 0 Å². The molecule has 154 valence electrons. The standard InChI is InChI=1S/C24H18Cl2N4O/c1-15-7-8-17(23(31)28-20-13-18(25)12-19(26)14-20)11-22(15)30-24-27-10-9-21(29-24)16-5-3-2-4-6-16/h2-14H,1H3,(H,28,31)(H,27,29,30). The molecule has 0 aliphatic heterocycles. The van der Waals surface area contributed by atoms with Gasteiger partial charge in [-0.2, -0.15) is 0 Å². The van der Waals surface area contributed by atoms with Crippen molar-refractivity contribution >= 4 is 46.4 Å². The molecule has 0 bridgehead atoms. The summed E-state index contributed by atoms with van der Waals surface area (Å²) in [5, 5.41) is 6.93. The lowest BCUT2D eigenvalue weighted by molar-refractivity contribution is 0.102. The molecular weight excluding hydrogens is 431 g/mol. The Morgan fingerprint density at radius 2 is 1.65 bits per heavy atom. The van der Waals surface area contributed by atoms with Gasteiger partial charge in [0, 0.05) is 38.7 Å². The van der Waals surface area contributed by atoms with Gasteiger partial charge < -0.3 is 10.6 Å². The molecule has 0 aliphatic carbocycles. The number of halogens is 2. The van der Waals surface area contributed by atoms with E-state index in [9.17, 15) is 4.79 Å². The van der Waals surface area contributed by atoms with E-state index in [1.807, 2.05) is 49.4 Å². The zero-order valence-electron chi connectivity index (χ0n) is 16.6. The third-order valence-electron chi connectivity index (χ3n) is 4.59. The molecule has 0 fully saturated rings. The average molecular weight is 449 g/mol. The summed E-state index contributed by atoms with van der Waals surface area (Å²) in [7, 11) is 0. The first-order chi connectivity index (χ1) is 15.0. The lowest BCUT2D eigenvalue weighted by atomic mass is 10.1. The predicted octanol–water partition coefficient (Wildman–Crippen LogP) is 6.75. The lowest BCUT2D eigenvalue weighted by Gasteiger charge is -2.12. The van der Waals surface area contributed by atoms with E-state index in [0.717, 1.165) is 22.5 Å². The van der Waals surface area contributed by atoms with E-state index in [4.69, 9.17) is 23.2 Å². The number of nitrogens with zero attached hydrogens (tertiary/aromatic N) is 2. The maximum atomic E-state index is 12.7. The van der Waals surface area contributed by atoms with Crippen molar-refractivity contribution in [1.82, 2.24) is 9.97 Å². The van der Waals surface area contributed by atoms with E-state index >= 15 is 0 Å². The first kappa shape index (κ1) is 20.8. The summed E-state index contributed by atoms with van der Waals surface area (Å²) < 4.78 is 0. The van der Waals surface area contributed by atoms with E-state index in [0.29, 0.717) is 27.2 Å². The summed E-state index contributed by atoms with van der Waals surface area (Å²) in [6.45, 7) is 1.95. The molecule has 2 N–H and O–H groups in total. The number of hydrogen-bond donors (Lipinski definition) is 2. The highest BCUT2D eigenvalue weighted by Gasteiger charge is 2.11. The second-order valence-electron chi connectivity index (χ2n) is 6.90. The highest BCUT2D eigenvalue weighted by Crippen LogP contribution is 2.25. The Hall–Kier alpha value is -3.41. The Bertz CT molecular complexity index is 1230. The predicted molar refractivity (Wildman–Crippen MR) is 126 cm³/mol. The number of hydrogen-bond acceptors (Lipinski definition) is 4. The van der Waals surface area contributed by atoms with Gasteiger partial charge in [-0.3, -0.25) is 4.79 Å². The molecule has 0 atom stereocenters. The van der Waals surface area contributed by atoms with Gasteiger partial charge >= 0.3 is 0 Å². The van der Waals surface area contributed by atoms with Gasteiger partial charge in [-0.15, -0.1) is 0 Å². The van der Waals surface area contributed by atoms with Gasteiger partial charge in [0.05, 0.1) is 5.69 Å². The van der Waals surface area contributed by atoms with Crippen molar-refractivity contribution < 1.29 is 4.79 Å². The lowest BCUT2D eigenvalue weighted by Crippen LogP contribution is -2.12. The number of nitrogens with one attached hydrogen (secondary N) is 2. The Kier molecular flexibility index (Phi) is 6.16. The van der Waals surface area contributed by atoms with E-state index in [-0.39, 0.29) is 5.91 Å². The van der Waals surface area contributed by atoms with Crippen molar-refractivity contribution in [2.24, 2.45) is 0 Å². The SMILES string of the molecule is Cc1ccc(C(=O)Nc2cc(Cl)cc(Cl)c2)cc1Nc1nccc(-c2ccccc2)n1. The fourth-order valence-corrected chi connectivity index (χ4v) is 3.56. The summed E-state index contributed by atoms with van der Waals surface area (Å²) >= 11 is 12.0. The molecule has 4 aromatic rings. The average Bonchev–Trinajstić information content (AvgIpc) is 2.75. The van der Waals surface area contributed by atoms with Crippen molar-refractivity contribution in [3.63, 3.8) is 0 Å². The van der Waals surface area contributed by atoms with Crippen LogP contribution in [0.15, 0.2) is 79.0 Å². The molecule has 7 heteroatoms. The van der Waals surface area contributed by atoms with Crippen LogP contribution in [0.25, 0.3) is 11.3 Å². The quantitative estimate of drug-likeness (QED) is 0.354. The smallest absolute Gasteiger partial charge is 0.255 e. The van der Waals surface area contributed by atoms with Crippen LogP contribution in [0.1, 0.15) is 15.9 Å². The van der Waals surface area contributed by atoms with Crippen LogP contribution in [0.4, 0.5) is 17.3 Å². The number of aromatic nitrogens is 2. The number of rotatable bonds is 5. The molecule has 1 heterocycles. The summed E-state index contributed by atoms with van der Waals surface area (Å²) in [5.74, 6) is 0.170. The highest BCUT2D eigenvalue weighted by molar-refractivity contribution is 6.35. The molecule has 1 aromatic heterocycles. The van der Waals surface area contributed by atoms with E-state index < -0.39 is 0 Å². The van der Waals surface area contributed by atoms with Crippen LogP contribution in [0.3, 0.4) is 0 Å². The van der Waals surface area contributed by atoms with Crippen LogP contribution >= 0.6 is 23.2 Å². The zero-order valence-corrected chi connectivity index (χ0v) is 18.1. The Labute approximate surface area is 190 Å². The highest BCUT2D eigenvalue weighted by atomic mass is 35.5. The molecule has 0 saturated carbocycles. The van der Waals surface area contributed by atoms with E-state index in [2.05, 4.69) is 20.6 Å².